The van der Waals surface area contributed by atoms with Crippen LogP contribution in [0, 0.1) is 13.8 Å². The molecule has 7 aromatic rings. The highest BCUT2D eigenvalue weighted by Gasteiger charge is 2.23. The molecule has 0 saturated heterocycles. The number of carbonyl (C=O) groups excluding carboxylic acids is 2. The highest BCUT2D eigenvalue weighted by atomic mass is 32.2. The Labute approximate surface area is 371 Å². The van der Waals surface area contributed by atoms with E-state index < -0.39 is 15.9 Å². The number of benzene rings is 3. The number of aromatic nitrogens is 5. The van der Waals surface area contributed by atoms with Gasteiger partial charge >= 0.3 is 0 Å². The summed E-state index contributed by atoms with van der Waals surface area (Å²) in [4.78, 5) is 48.0. The molecule has 0 atom stereocenters. The minimum atomic E-state index is -3.76. The van der Waals surface area contributed by atoms with Gasteiger partial charge in [0.2, 0.25) is 16.0 Å². The third-order valence-electron chi connectivity index (χ3n) is 9.67. The fourth-order valence-corrected chi connectivity index (χ4v) is 10.5. The molecule has 62 heavy (non-hydrogen) atoms. The Hall–Kier alpha value is -6.12. The first-order valence-electron chi connectivity index (χ1n) is 19.7. The molecule has 9 N–H and O–H groups in total. The first-order valence-corrected chi connectivity index (χ1v) is 23.6. The van der Waals surface area contributed by atoms with Crippen molar-refractivity contribution in [3.8, 4) is 20.6 Å². The minimum Gasteiger partial charge on any atom is -0.382 e. The maximum atomic E-state index is 12.2. The van der Waals surface area contributed by atoms with Crippen molar-refractivity contribution in [3.63, 3.8) is 0 Å². The van der Waals surface area contributed by atoms with Crippen LogP contribution in [0.4, 0.5) is 33.3 Å². The van der Waals surface area contributed by atoms with Crippen molar-refractivity contribution in [1.82, 2.24) is 24.9 Å². The molecule has 0 radical (unpaired) electrons. The van der Waals surface area contributed by atoms with Crippen LogP contribution in [0.15, 0.2) is 90.0 Å². The predicted molar refractivity (Wildman–Crippen MR) is 249 cm³/mol. The van der Waals surface area contributed by atoms with Crippen LogP contribution in [-0.4, -0.2) is 51.1 Å². The molecule has 8 rings (SSSR count). The van der Waals surface area contributed by atoms with Crippen LogP contribution in [-0.2, 0) is 16.4 Å². The summed E-state index contributed by atoms with van der Waals surface area (Å²) in [6.45, 7) is 5.61. The number of primary sulfonamides is 1. The van der Waals surface area contributed by atoms with Gasteiger partial charge in [0, 0.05) is 41.8 Å². The van der Waals surface area contributed by atoms with E-state index in [0.29, 0.717) is 61.3 Å². The lowest BCUT2D eigenvalue weighted by Gasteiger charge is -2.23. The molecule has 0 bridgehead atoms. The van der Waals surface area contributed by atoms with Crippen LogP contribution >= 0.6 is 34.0 Å². The van der Waals surface area contributed by atoms with Gasteiger partial charge in [-0.3, -0.25) is 9.59 Å². The number of aryl methyl sites for hydroxylation is 2. The predicted octanol–water partition coefficient (Wildman–Crippen LogP) is 8.84. The molecule has 0 aliphatic heterocycles. The van der Waals surface area contributed by atoms with Gasteiger partial charge in [-0.15, -0.1) is 11.3 Å². The fraction of sp³-hybridized carbons (Fsp3) is 0.233. The molecule has 15 nitrogen and oxygen atoms in total. The second-order valence-corrected chi connectivity index (χ2v) is 19.4. The molecule has 0 spiro atoms. The van der Waals surface area contributed by atoms with E-state index in [4.69, 9.17) is 16.6 Å². The van der Waals surface area contributed by atoms with Gasteiger partial charge in [0.15, 0.2) is 16.6 Å². The zero-order chi connectivity index (χ0) is 44.0. The number of nitrogens with one attached hydrogen (secondary N) is 3. The molecule has 1 saturated carbocycles. The van der Waals surface area contributed by atoms with Crippen molar-refractivity contribution in [3.05, 3.63) is 118 Å². The van der Waals surface area contributed by atoms with Gasteiger partial charge < -0.3 is 27.4 Å². The number of anilines is 6. The van der Waals surface area contributed by atoms with E-state index in [9.17, 15) is 18.0 Å². The maximum absolute atomic E-state index is 12.2. The van der Waals surface area contributed by atoms with Gasteiger partial charge in [0.05, 0.1) is 4.90 Å². The summed E-state index contributed by atoms with van der Waals surface area (Å²) in [6.07, 6.45) is 8.17. The van der Waals surface area contributed by atoms with Crippen LogP contribution in [0.1, 0.15) is 81.6 Å². The number of ketones is 1. The summed E-state index contributed by atoms with van der Waals surface area (Å²) in [7, 11) is -3.76. The Kier molecular flexibility index (Phi) is 13.7. The smallest absolute Gasteiger partial charge is 0.270 e. The molecular weight excluding hydrogens is 863 g/mol. The van der Waals surface area contributed by atoms with E-state index in [1.807, 2.05) is 42.5 Å². The lowest BCUT2D eigenvalue weighted by molar-refractivity contribution is 0.0992. The van der Waals surface area contributed by atoms with Crippen molar-refractivity contribution < 1.29 is 18.0 Å². The average molecular weight is 908 g/mol. The summed E-state index contributed by atoms with van der Waals surface area (Å²) < 4.78 is 22.8. The Morgan fingerprint density at radius 3 is 2.15 bits per heavy atom. The van der Waals surface area contributed by atoms with E-state index in [1.165, 1.54) is 72.3 Å². The standard InChI is InChI=1S/C22H26N6OS.C21H19N5O3S3/c1-13-10-14(2)12-16(11-13)26-22-24-9-8-17(27-22)20-28-18(19(23)29)21(30-20)25-15-6-4-3-5-7-15;1-12(27)17-16(11-13-5-3-2-4-6-13)30-20(25-17)18-19(22)26-21(31-18)24-14-7-9-15(10-8-14)32(23,28)29/h8-12,15,25H,3-7H2,1-2H3,(H2,23,29)(H,24,26,27);2-10H,11,22H2,1H3,(H,24,26)(H2,23,28,29). The van der Waals surface area contributed by atoms with Crippen molar-refractivity contribution >= 4 is 89.0 Å². The van der Waals surface area contributed by atoms with Gasteiger partial charge in [-0.1, -0.05) is 78.3 Å². The number of nitrogens with two attached hydrogens (primary N) is 3. The van der Waals surface area contributed by atoms with Crippen LogP contribution in [0.25, 0.3) is 20.6 Å². The molecule has 0 unspecified atom stereocenters. The topological polar surface area (TPSA) is 247 Å². The highest BCUT2D eigenvalue weighted by Crippen LogP contribution is 2.40. The lowest BCUT2D eigenvalue weighted by atomic mass is 9.96. The Bertz CT molecular complexity index is 2800. The summed E-state index contributed by atoms with van der Waals surface area (Å²) in [5.41, 5.74) is 18.1. The summed E-state index contributed by atoms with van der Waals surface area (Å²) in [5, 5.41) is 17.5. The molecule has 19 heteroatoms. The van der Waals surface area contributed by atoms with Crippen LogP contribution in [0.5, 0.6) is 0 Å². The summed E-state index contributed by atoms with van der Waals surface area (Å²) in [6, 6.07) is 24.2. The van der Waals surface area contributed by atoms with Crippen LogP contribution < -0.4 is 32.6 Å². The molecule has 1 aliphatic carbocycles. The van der Waals surface area contributed by atoms with Crippen molar-refractivity contribution in [2.24, 2.45) is 10.9 Å². The fourth-order valence-electron chi connectivity index (χ4n) is 6.86. The van der Waals surface area contributed by atoms with Gasteiger partial charge in [0.1, 0.15) is 37.1 Å². The monoisotopic (exact) mass is 907 g/mol. The molecule has 4 aromatic heterocycles. The normalized spacial score (nSPS) is 12.9. The Balaban J connectivity index is 0.000000187. The Morgan fingerprint density at radius 2 is 1.48 bits per heavy atom. The quantitative estimate of drug-likeness (QED) is 0.0593. The number of rotatable bonds is 13. The number of sulfonamides is 1. The van der Waals surface area contributed by atoms with Gasteiger partial charge in [0.25, 0.3) is 5.91 Å². The number of hydrogen-bond donors (Lipinski definition) is 6. The summed E-state index contributed by atoms with van der Waals surface area (Å²) >= 11 is 4.14. The second kappa shape index (κ2) is 19.3. The second-order valence-electron chi connectivity index (χ2n) is 14.7. The number of primary amides is 1. The number of hydrogen-bond acceptors (Lipinski definition) is 16. The molecule has 1 fully saturated rings. The molecule has 1 amide bonds. The van der Waals surface area contributed by atoms with E-state index in [2.05, 4.69) is 60.8 Å². The van der Waals surface area contributed by atoms with Gasteiger partial charge in [-0.05, 0) is 85.8 Å². The molecule has 1 aliphatic rings. The zero-order valence-electron chi connectivity index (χ0n) is 34.1. The SMILES string of the molecule is CC(=O)c1nc(-c2sc(Nc3ccc(S(N)(=O)=O)cc3)nc2N)sc1Cc1ccccc1.Cc1cc(C)cc(Nc2nccc(-c3nc(C(N)=O)c(NC4CCCCC4)s3)n2)c1. The largest absolute Gasteiger partial charge is 0.382 e. The molecule has 4 heterocycles. The number of carbonyl (C=O) groups is 2. The van der Waals surface area contributed by atoms with Crippen molar-refractivity contribution in [2.75, 3.05) is 21.7 Å². The van der Waals surface area contributed by atoms with Crippen molar-refractivity contribution in [2.45, 2.75) is 70.2 Å². The van der Waals surface area contributed by atoms with Gasteiger partial charge in [-0.2, -0.15) is 0 Å². The highest BCUT2D eigenvalue weighted by molar-refractivity contribution is 7.89. The average Bonchev–Trinajstić information content (AvgIpc) is 3.95. The minimum absolute atomic E-state index is 0.0212. The van der Waals surface area contributed by atoms with Crippen LogP contribution in [0.2, 0.25) is 0 Å². The first-order chi connectivity index (χ1) is 29.7. The molecular formula is C43H45N11O4S4. The van der Waals surface area contributed by atoms with E-state index >= 15 is 0 Å². The molecule has 3 aromatic carbocycles. The first kappa shape index (κ1) is 44.0. The van der Waals surface area contributed by atoms with Gasteiger partial charge in [-0.25, -0.2) is 38.5 Å². The van der Waals surface area contributed by atoms with E-state index in [-0.39, 0.29) is 16.4 Å². The van der Waals surface area contributed by atoms with Crippen molar-refractivity contribution in [1.29, 1.82) is 0 Å². The number of Topliss-reactive ketones (excluding diaryl/α,β-unsaturated/α-hetero) is 1. The maximum Gasteiger partial charge on any atom is 0.270 e. The van der Waals surface area contributed by atoms with E-state index in [1.54, 1.807) is 24.4 Å². The van der Waals surface area contributed by atoms with E-state index in [0.717, 1.165) is 45.1 Å². The lowest BCUT2D eigenvalue weighted by Crippen LogP contribution is -2.23. The number of nitrogens with zero attached hydrogens (tertiary/aromatic N) is 5. The zero-order valence-corrected chi connectivity index (χ0v) is 37.4. The third-order valence-corrected chi connectivity index (χ3v) is 13.8. The number of thiazole rings is 3. The number of nitrogen functional groups attached to an aromatic ring is 1. The Morgan fingerprint density at radius 1 is 0.790 bits per heavy atom. The summed E-state index contributed by atoms with van der Waals surface area (Å²) in [5.74, 6) is 0.150. The van der Waals surface area contributed by atoms with Crippen LogP contribution in [0.3, 0.4) is 0 Å². The third kappa shape index (κ3) is 11.2. The number of amides is 1. The molecule has 320 valence electrons.